The molecule has 0 aromatic rings. The SMILES string of the molecule is C=C=C=C=C=C=C=C=C=C=C=C=C=C.CCN(CC)CC.COC(=O)[C@@H](N)CNCCC(C)C.COC(=O)[C@@H]1CN(CCC(C)C)C(=O)N1.O=C(Cl)Cl.[B]B([B])B(B([B])[B])B(B([B])[B])B([B])[B]. The van der Waals surface area contributed by atoms with Crippen LogP contribution in [0.4, 0.5) is 9.59 Å². The lowest BCUT2D eigenvalue weighted by Crippen LogP contribution is -2.72. The largest absolute Gasteiger partial charge is 0.468 e. The molecule has 0 spiro atoms. The van der Waals surface area contributed by atoms with Crippen LogP contribution in [0, 0.1) is 11.8 Å². The third-order valence-electron chi connectivity index (χ3n) is 8.52. The quantitative estimate of drug-likeness (QED) is 0.0604. The number of ether oxygens (including phenoxy) is 2. The Labute approximate surface area is 425 Å². The zero-order chi connectivity index (χ0) is 52.9. The minimum absolute atomic E-state index is 0.175. The average Bonchev–Trinajstić information content (AvgIpc) is 3.64. The van der Waals surface area contributed by atoms with E-state index in [1.807, 2.05) is 0 Å². The highest BCUT2D eigenvalue weighted by atomic mass is 35.5. The summed E-state index contributed by atoms with van der Waals surface area (Å²) in [6.07, 6.45) is -2.04. The molecule has 27 heteroatoms. The predicted octanol–water partition coefficient (Wildman–Crippen LogP) is 0.986. The number of hydrogen-bond donors (Lipinski definition) is 3. The van der Waals surface area contributed by atoms with Crippen LogP contribution >= 0.6 is 23.2 Å². The molecule has 2 amide bonds. The van der Waals surface area contributed by atoms with Crippen molar-refractivity contribution in [3.8, 4) is 0 Å². The van der Waals surface area contributed by atoms with E-state index >= 15 is 0 Å². The van der Waals surface area contributed by atoms with Crippen molar-refractivity contribution in [2.24, 2.45) is 17.6 Å². The Morgan fingerprint density at radius 3 is 1.37 bits per heavy atom. The van der Waals surface area contributed by atoms with Crippen molar-refractivity contribution in [3.63, 3.8) is 0 Å². The minimum atomic E-state index is -0.889. The van der Waals surface area contributed by atoms with E-state index in [0.29, 0.717) is 31.5 Å². The first-order valence-electron chi connectivity index (χ1n) is 21.2. The molecule has 1 aliphatic heterocycles. The fourth-order valence-electron chi connectivity index (χ4n) is 4.90. The number of rotatable bonds is 18. The zero-order valence-corrected chi connectivity index (χ0v) is 42.4. The second-order valence-corrected chi connectivity index (χ2v) is 15.5. The van der Waals surface area contributed by atoms with E-state index in [1.54, 1.807) is 4.90 Å². The van der Waals surface area contributed by atoms with Crippen LogP contribution in [0.1, 0.15) is 61.3 Å². The Morgan fingerprint density at radius 1 is 0.746 bits per heavy atom. The van der Waals surface area contributed by atoms with Crippen molar-refractivity contribution in [2.45, 2.75) is 73.4 Å². The lowest BCUT2D eigenvalue weighted by molar-refractivity contribution is -0.143. The maximum atomic E-state index is 11.4. The molecule has 1 heterocycles. The lowest BCUT2D eigenvalue weighted by atomic mass is 8.47. The van der Waals surface area contributed by atoms with Crippen LogP contribution in [0.15, 0.2) is 81.9 Å². The molecule has 1 aliphatic rings. The van der Waals surface area contributed by atoms with Crippen LogP contribution < -0.4 is 16.4 Å². The van der Waals surface area contributed by atoms with Crippen LogP contribution in [0.5, 0.6) is 0 Å². The van der Waals surface area contributed by atoms with Crippen molar-refractivity contribution in [2.75, 3.05) is 60.0 Å². The molecular weight excluding hydrogens is 869 g/mol. The second-order valence-electron chi connectivity index (χ2n) is 14.6. The first-order valence-corrected chi connectivity index (χ1v) is 22.0. The van der Waals surface area contributed by atoms with Gasteiger partial charge in [-0.25, -0.2) is 9.59 Å². The first kappa shape index (κ1) is 72.3. The highest BCUT2D eigenvalue weighted by Gasteiger charge is 2.36. The maximum absolute atomic E-state index is 11.4. The number of esters is 2. The summed E-state index contributed by atoms with van der Waals surface area (Å²) in [4.78, 5) is 46.5. The van der Waals surface area contributed by atoms with Crippen LogP contribution in [-0.4, -0.2) is 205 Å². The van der Waals surface area contributed by atoms with Gasteiger partial charge in [0.2, 0.25) is 0 Å². The third kappa shape index (κ3) is 47.2. The monoisotopic (exact) mass is 927 g/mol. The summed E-state index contributed by atoms with van der Waals surface area (Å²) >= 11 is 8.80. The van der Waals surface area contributed by atoms with Crippen LogP contribution in [0.3, 0.4) is 0 Å². The fourth-order valence-corrected chi connectivity index (χ4v) is 4.90. The van der Waals surface area contributed by atoms with Gasteiger partial charge in [-0.05, 0) is 145 Å². The van der Waals surface area contributed by atoms with Gasteiger partial charge in [0.05, 0.1) is 20.8 Å². The van der Waals surface area contributed by atoms with Gasteiger partial charge in [-0.15, -0.1) is 0 Å². The molecule has 0 unspecified atom stereocenters. The summed E-state index contributed by atoms with van der Waals surface area (Å²) < 4.78 is 8.17. The van der Waals surface area contributed by atoms with E-state index in [2.05, 4.69) is 179 Å². The van der Waals surface area contributed by atoms with Crippen molar-refractivity contribution < 1.29 is 28.7 Å². The van der Waals surface area contributed by atoms with Gasteiger partial charge in [-0.2, -0.15) is 0 Å². The lowest BCUT2D eigenvalue weighted by Gasteiger charge is -2.34. The van der Waals surface area contributed by atoms with Crippen LogP contribution in [0.2, 0.25) is 0 Å². The highest BCUT2D eigenvalue weighted by Crippen LogP contribution is 2.09. The van der Waals surface area contributed by atoms with E-state index in [9.17, 15) is 14.4 Å². The zero-order valence-electron chi connectivity index (χ0n) is 40.8. The molecule has 334 valence electrons. The van der Waals surface area contributed by atoms with Crippen molar-refractivity contribution in [3.05, 3.63) is 81.9 Å². The molecule has 0 aliphatic carbocycles. The van der Waals surface area contributed by atoms with Gasteiger partial charge in [0.1, 0.15) is 12.1 Å². The number of nitrogens with zero attached hydrogens (tertiary/aromatic N) is 2. The molecule has 4 N–H and O–H groups in total. The summed E-state index contributed by atoms with van der Waals surface area (Å²) in [6, 6.07) is -1.22. The number of halogens is 2. The van der Waals surface area contributed by atoms with Crippen molar-refractivity contribution in [1.82, 2.24) is 20.4 Å². The normalized spacial score (nSPS) is 11.2. The summed E-state index contributed by atoms with van der Waals surface area (Å²) in [5, 5.41) is 5.70. The average molecular weight is 926 g/mol. The molecule has 11 nitrogen and oxygen atoms in total. The van der Waals surface area contributed by atoms with E-state index in [1.165, 1.54) is 33.9 Å². The standard InChI is InChI=1S/C14H4.C10H18N2O3.C9H20N2O2.C6H15N.CCl2O.B14/c1-3-5-7-9-11-13-14-12-10-8-6-4-2;1-7(2)4-5-12-6-8(9(13)15-3)11-10(12)14;1-7(2)4-5-11-6-8(10)9(12)13-3;1-4-7(5-2)6-3;2-1(3)4;1-9(2)13(10(3)4)14(11(5)6)12(7)8/h1-2H2;7-8H,4-6H2,1-3H3,(H,11,14);7-8,11H,4-6,10H2,1-3H3;4-6H2,1-3H3;;/t;2*8-;;;/m.00.../s1. The summed E-state index contributed by atoms with van der Waals surface area (Å²) in [6.45, 7) is 27.7. The summed E-state index contributed by atoms with van der Waals surface area (Å²) in [5.74, 6) is 0.476. The van der Waals surface area contributed by atoms with E-state index in [4.69, 9.17) is 72.4 Å². The molecule has 67 heavy (non-hydrogen) atoms. The number of urea groups is 1. The molecule has 1 saturated heterocycles. The van der Waals surface area contributed by atoms with Gasteiger partial charge in [0.25, 0.3) is 0 Å². The predicted molar refractivity (Wildman–Crippen MR) is 292 cm³/mol. The minimum Gasteiger partial charge on any atom is -0.468 e. The molecule has 1 fully saturated rings. The number of carbonyl (C=O) groups excluding carboxylic acids is 4. The summed E-state index contributed by atoms with van der Waals surface area (Å²) in [5.41, 5.74) is 34.9. The van der Waals surface area contributed by atoms with Crippen LogP contribution in [-0.2, 0) is 19.1 Å². The van der Waals surface area contributed by atoms with Gasteiger partial charge in [-0.1, -0.05) is 59.9 Å². The molecule has 2 atom stereocenters. The van der Waals surface area contributed by atoms with Gasteiger partial charge in [0.15, 0.2) is 0 Å². The van der Waals surface area contributed by atoms with E-state index < -0.39 is 55.1 Å². The molecule has 0 saturated carbocycles. The van der Waals surface area contributed by atoms with Gasteiger partial charge < -0.3 is 35.6 Å². The smallest absolute Gasteiger partial charge is 0.330 e. The number of methoxy groups -OCH3 is 2. The molecular formula is C40H57B14Cl2N5O6. The number of amides is 2. The summed E-state index contributed by atoms with van der Waals surface area (Å²) in [7, 11) is 46.7. The Kier molecular flexibility index (Phi) is 52.7. The molecule has 0 bridgehead atoms. The van der Waals surface area contributed by atoms with Gasteiger partial charge >= 0.3 is 22.7 Å². The maximum Gasteiger partial charge on any atom is 0.330 e. The molecule has 16 radical (unpaired) electrons. The fraction of sp³-hybridized carbons (Fsp3) is 0.550. The molecule has 0 aromatic heterocycles. The van der Waals surface area contributed by atoms with E-state index in [0.717, 1.165) is 19.4 Å². The number of hydrogen-bond acceptors (Lipinski definition) is 9. The van der Waals surface area contributed by atoms with Gasteiger partial charge in [0, 0.05) is 113 Å². The number of nitrogens with one attached hydrogen (secondary N) is 2. The Bertz CT molecular complexity index is 1770. The Hall–Kier alpha value is -3.65. The number of carbonyl (C=O) groups is 4. The molecule has 0 aromatic carbocycles. The topological polar surface area (TPSA) is 143 Å². The van der Waals surface area contributed by atoms with E-state index in [-0.39, 0.29) is 18.0 Å². The van der Waals surface area contributed by atoms with Gasteiger partial charge in [-0.3, -0.25) is 9.59 Å². The molecule has 1 rings (SSSR count). The van der Waals surface area contributed by atoms with Crippen LogP contribution in [0.25, 0.3) is 0 Å². The number of nitrogens with two attached hydrogens (primary N) is 1. The first-order chi connectivity index (χ1) is 31.4. The Morgan fingerprint density at radius 2 is 1.10 bits per heavy atom. The van der Waals surface area contributed by atoms with Crippen molar-refractivity contribution >= 4 is 146 Å². The third-order valence-corrected chi connectivity index (χ3v) is 8.52. The second kappa shape index (κ2) is 48.8. The van der Waals surface area contributed by atoms with Crippen molar-refractivity contribution in [1.29, 1.82) is 0 Å². The highest BCUT2D eigenvalue weighted by molar-refractivity contribution is 8.10. The Balaban J connectivity index is -0.000000237.